The third-order valence-electron chi connectivity index (χ3n) is 14.1. The molecule has 0 aliphatic rings. The van der Waals surface area contributed by atoms with E-state index in [-0.39, 0.29) is 85.3 Å². The largest absolute Gasteiger partial charge is 0.464 e. The Kier molecular flexibility index (Phi) is 24.9. The summed E-state index contributed by atoms with van der Waals surface area (Å²) in [6, 6.07) is 0. The van der Waals surface area contributed by atoms with Gasteiger partial charge in [0.25, 0.3) is 0 Å². The number of hydrogen-bond donors (Lipinski definition) is 0. The predicted octanol–water partition coefficient (Wildman–Crippen LogP) is 11.0. The summed E-state index contributed by atoms with van der Waals surface area (Å²) in [6.07, 6.45) is 3.13. The van der Waals surface area contributed by atoms with E-state index in [9.17, 15) is 19.2 Å². The van der Waals surface area contributed by atoms with Crippen LogP contribution in [0.1, 0.15) is 170 Å². The standard InChI is InChI=1S/C53H102N2O9/c1-24-53(36-63-45(58)50(17,40(6)7)31-47(12,13)14,37-64-46(59)51(18,41(8)9)32-48(15,29-38(2)3)34-60-27-25-54(20)21)35-62-43(56)49(16,30-39(4)5)33-52(19,42(10)11)44(57)61-28-26-55(22)23/h38-42H,24-37H2,1-23H3. The van der Waals surface area contributed by atoms with E-state index in [0.29, 0.717) is 51.4 Å². The van der Waals surface area contributed by atoms with E-state index < -0.39 is 33.0 Å². The zero-order chi connectivity index (χ0) is 50.3. The first-order valence-corrected chi connectivity index (χ1v) is 24.5. The van der Waals surface area contributed by atoms with E-state index in [0.717, 1.165) is 13.0 Å². The fourth-order valence-corrected chi connectivity index (χ4v) is 9.27. The van der Waals surface area contributed by atoms with Crippen molar-refractivity contribution in [1.29, 1.82) is 0 Å². The molecule has 0 N–H and O–H groups in total. The van der Waals surface area contributed by atoms with Gasteiger partial charge < -0.3 is 33.5 Å². The van der Waals surface area contributed by atoms with E-state index in [1.54, 1.807) is 0 Å². The molecule has 0 fully saturated rings. The molecule has 378 valence electrons. The molecule has 0 amide bonds. The van der Waals surface area contributed by atoms with E-state index in [1.807, 2.05) is 95.4 Å². The van der Waals surface area contributed by atoms with Gasteiger partial charge in [-0.2, -0.15) is 0 Å². The van der Waals surface area contributed by atoms with Crippen molar-refractivity contribution >= 4 is 23.9 Å². The lowest BCUT2D eigenvalue weighted by molar-refractivity contribution is -0.180. The molecule has 0 heterocycles. The van der Waals surface area contributed by atoms with Gasteiger partial charge in [0.2, 0.25) is 0 Å². The maximum absolute atomic E-state index is 14.7. The maximum Gasteiger partial charge on any atom is 0.312 e. The quantitative estimate of drug-likeness (QED) is 0.0375. The van der Waals surface area contributed by atoms with Crippen molar-refractivity contribution in [1.82, 2.24) is 9.80 Å². The molecular weight excluding hydrogens is 809 g/mol. The third kappa shape index (κ3) is 19.5. The van der Waals surface area contributed by atoms with Gasteiger partial charge in [-0.3, -0.25) is 19.2 Å². The Hall–Kier alpha value is -2.24. The molecule has 0 aliphatic heterocycles. The number of nitrogens with zero attached hydrogens (tertiary/aromatic N) is 2. The molecule has 6 atom stereocenters. The van der Waals surface area contributed by atoms with Gasteiger partial charge >= 0.3 is 23.9 Å². The van der Waals surface area contributed by atoms with Gasteiger partial charge in [0, 0.05) is 13.1 Å². The highest BCUT2D eigenvalue weighted by molar-refractivity contribution is 5.81. The minimum atomic E-state index is -1.06. The van der Waals surface area contributed by atoms with E-state index >= 15 is 0 Å². The molecule has 0 radical (unpaired) electrons. The number of rotatable bonds is 31. The summed E-state index contributed by atoms with van der Waals surface area (Å²) in [5.74, 6) is -1.16. The van der Waals surface area contributed by atoms with Crippen molar-refractivity contribution in [2.45, 2.75) is 170 Å². The minimum absolute atomic E-state index is 0.00810. The van der Waals surface area contributed by atoms with Crippen LogP contribution in [0.5, 0.6) is 0 Å². The van der Waals surface area contributed by atoms with Gasteiger partial charge in [-0.1, -0.05) is 104 Å². The van der Waals surface area contributed by atoms with Gasteiger partial charge in [0.1, 0.15) is 26.4 Å². The normalized spacial score (nSPS) is 18.3. The molecule has 64 heavy (non-hydrogen) atoms. The molecular formula is C53H102N2O9. The first-order valence-electron chi connectivity index (χ1n) is 24.5. The Bertz CT molecular complexity index is 1440. The topological polar surface area (TPSA) is 121 Å². The second-order valence-electron chi connectivity index (χ2n) is 24.8. The number of esters is 4. The molecule has 0 spiro atoms. The highest BCUT2D eigenvalue weighted by Crippen LogP contribution is 2.47. The van der Waals surface area contributed by atoms with Crippen molar-refractivity contribution in [2.24, 2.45) is 67.5 Å². The zero-order valence-corrected chi connectivity index (χ0v) is 45.9. The van der Waals surface area contributed by atoms with Crippen molar-refractivity contribution in [3.63, 3.8) is 0 Å². The summed E-state index contributed by atoms with van der Waals surface area (Å²) in [5.41, 5.74) is -5.19. The molecule has 6 unspecified atom stereocenters. The summed E-state index contributed by atoms with van der Waals surface area (Å²) in [6.45, 7) is 41.2. The summed E-state index contributed by atoms with van der Waals surface area (Å²) in [5, 5.41) is 0. The number of ether oxygens (including phenoxy) is 5. The monoisotopic (exact) mass is 911 g/mol. The molecule has 0 rings (SSSR count). The second-order valence-corrected chi connectivity index (χ2v) is 24.8. The molecule has 0 saturated carbocycles. The molecule has 11 nitrogen and oxygen atoms in total. The number of carbonyl (C=O) groups is 4. The lowest BCUT2D eigenvalue weighted by atomic mass is 9.65. The molecule has 0 aromatic rings. The van der Waals surface area contributed by atoms with Crippen LogP contribution in [0.4, 0.5) is 0 Å². The first-order chi connectivity index (χ1) is 29.0. The van der Waals surface area contributed by atoms with Gasteiger partial charge in [-0.15, -0.1) is 0 Å². The fourth-order valence-electron chi connectivity index (χ4n) is 9.27. The predicted molar refractivity (Wildman–Crippen MR) is 262 cm³/mol. The SMILES string of the molecule is CCC(COC(=O)C(C)(CC(C)C)CC(C)(C(=O)OCCN(C)C)C(C)C)(COC(=O)C(C)(CC(C)(C)C)C(C)C)COC(=O)C(C)(CC(C)(COCCN(C)C)CC(C)C)C(C)C. The lowest BCUT2D eigenvalue weighted by Gasteiger charge is -2.42. The zero-order valence-electron chi connectivity index (χ0n) is 45.9. The molecule has 0 aromatic heterocycles. The van der Waals surface area contributed by atoms with Gasteiger partial charge in [0.05, 0.1) is 40.3 Å². The molecule has 11 heteroatoms. The average molecular weight is 911 g/mol. The minimum Gasteiger partial charge on any atom is -0.464 e. The van der Waals surface area contributed by atoms with Gasteiger partial charge in [-0.25, -0.2) is 0 Å². The highest BCUT2D eigenvalue weighted by Gasteiger charge is 2.50. The average Bonchev–Trinajstić information content (AvgIpc) is 3.13. The van der Waals surface area contributed by atoms with E-state index in [1.165, 1.54) is 0 Å². The first kappa shape index (κ1) is 61.8. The van der Waals surface area contributed by atoms with Crippen LogP contribution in [0.25, 0.3) is 0 Å². The van der Waals surface area contributed by atoms with Gasteiger partial charge in [-0.05, 0) is 135 Å². The number of likely N-dealkylation sites (N-methyl/N-ethyl adjacent to an activating group) is 2. The van der Waals surface area contributed by atoms with E-state index in [4.69, 9.17) is 23.7 Å². The Morgan fingerprint density at radius 2 is 0.844 bits per heavy atom. The van der Waals surface area contributed by atoms with Crippen molar-refractivity contribution in [2.75, 3.05) is 80.9 Å². The van der Waals surface area contributed by atoms with Crippen molar-refractivity contribution in [3.05, 3.63) is 0 Å². The van der Waals surface area contributed by atoms with Crippen LogP contribution >= 0.6 is 0 Å². The van der Waals surface area contributed by atoms with Crippen LogP contribution in [-0.4, -0.2) is 115 Å². The molecule has 0 aromatic carbocycles. The smallest absolute Gasteiger partial charge is 0.312 e. The fraction of sp³-hybridized carbons (Fsp3) is 0.925. The van der Waals surface area contributed by atoms with Crippen molar-refractivity contribution < 1.29 is 42.9 Å². The summed E-state index contributed by atoms with van der Waals surface area (Å²) >= 11 is 0. The van der Waals surface area contributed by atoms with Crippen molar-refractivity contribution in [3.8, 4) is 0 Å². The summed E-state index contributed by atoms with van der Waals surface area (Å²) in [7, 11) is 7.90. The van der Waals surface area contributed by atoms with Crippen LogP contribution in [0.2, 0.25) is 0 Å². The molecule has 0 saturated heterocycles. The van der Waals surface area contributed by atoms with Crippen LogP contribution in [-0.2, 0) is 42.9 Å². The third-order valence-corrected chi connectivity index (χ3v) is 14.1. The van der Waals surface area contributed by atoms with Crippen LogP contribution in [0.3, 0.4) is 0 Å². The lowest BCUT2D eigenvalue weighted by Crippen LogP contribution is -2.47. The van der Waals surface area contributed by atoms with Crippen LogP contribution in [0, 0.1) is 67.5 Å². The number of carbonyl (C=O) groups excluding carboxylic acids is 4. The Morgan fingerprint density at radius 1 is 0.469 bits per heavy atom. The molecule has 0 aliphatic carbocycles. The Balaban J connectivity index is 7.15. The van der Waals surface area contributed by atoms with Gasteiger partial charge in [0.15, 0.2) is 0 Å². The second kappa shape index (κ2) is 25.8. The van der Waals surface area contributed by atoms with Crippen LogP contribution < -0.4 is 0 Å². The number of hydrogen-bond acceptors (Lipinski definition) is 11. The highest BCUT2D eigenvalue weighted by atomic mass is 16.6. The summed E-state index contributed by atoms with van der Waals surface area (Å²) < 4.78 is 31.2. The van der Waals surface area contributed by atoms with Crippen LogP contribution in [0.15, 0.2) is 0 Å². The Morgan fingerprint density at radius 3 is 1.22 bits per heavy atom. The van der Waals surface area contributed by atoms with E-state index in [2.05, 4.69) is 74.1 Å². The molecule has 0 bridgehead atoms. The Labute approximate surface area is 393 Å². The summed E-state index contributed by atoms with van der Waals surface area (Å²) in [4.78, 5) is 61.5. The maximum atomic E-state index is 14.7.